The predicted molar refractivity (Wildman–Crippen MR) is 111 cm³/mol. The summed E-state index contributed by atoms with van der Waals surface area (Å²) in [6, 6.07) is 15.0. The van der Waals surface area contributed by atoms with Gasteiger partial charge in [-0.3, -0.25) is 0 Å². The summed E-state index contributed by atoms with van der Waals surface area (Å²) in [6.45, 7) is 0.950. The number of hydrogen-bond donors (Lipinski definition) is 0. The van der Waals surface area contributed by atoms with Crippen LogP contribution in [0.1, 0.15) is 23.2 Å². The van der Waals surface area contributed by atoms with Crippen LogP contribution in [0.2, 0.25) is 0 Å². The van der Waals surface area contributed by atoms with Crippen LogP contribution >= 0.6 is 0 Å². The van der Waals surface area contributed by atoms with E-state index in [9.17, 15) is 4.79 Å². The van der Waals surface area contributed by atoms with Gasteiger partial charge in [-0.1, -0.05) is 18.2 Å². The molecule has 2 aromatic carbocycles. The van der Waals surface area contributed by atoms with Gasteiger partial charge in [-0.2, -0.15) is 5.10 Å². The Kier molecular flexibility index (Phi) is 5.99. The Hall–Kier alpha value is -3.32. The number of rotatable bonds is 7. The number of methoxy groups -OCH3 is 2. The van der Waals surface area contributed by atoms with E-state index >= 15 is 0 Å². The van der Waals surface area contributed by atoms with E-state index in [0.29, 0.717) is 29.4 Å². The zero-order chi connectivity index (χ0) is 20.9. The Labute approximate surface area is 175 Å². The maximum atomic E-state index is 12.9. The summed E-state index contributed by atoms with van der Waals surface area (Å²) in [5.41, 5.74) is 2.46. The third-order valence-corrected chi connectivity index (χ3v) is 5.04. The molecule has 0 N–H and O–H groups in total. The third-order valence-electron chi connectivity index (χ3n) is 5.04. The highest BCUT2D eigenvalue weighted by Gasteiger charge is 2.23. The third kappa shape index (κ3) is 4.16. The summed E-state index contributed by atoms with van der Waals surface area (Å²) >= 11 is 0. The fraction of sp³-hybridized carbons (Fsp3) is 0.304. The van der Waals surface area contributed by atoms with Crippen molar-refractivity contribution in [3.8, 4) is 28.4 Å². The van der Waals surface area contributed by atoms with Crippen molar-refractivity contribution in [1.82, 2.24) is 9.78 Å². The Morgan fingerprint density at radius 1 is 1.13 bits per heavy atom. The standard InChI is InChI=1S/C23H24N2O5/c1-27-20-11-10-16(13-21(20)28-2)22-19(23(26)30-15-18-9-6-12-29-18)14-25(24-22)17-7-4-3-5-8-17/h3-5,7-8,10-11,13-14,18H,6,9,12,15H2,1-2H3/t18-/m0/s1. The lowest BCUT2D eigenvalue weighted by molar-refractivity contribution is 0.0162. The van der Waals surface area contributed by atoms with Crippen LogP contribution < -0.4 is 9.47 Å². The molecule has 0 radical (unpaired) electrons. The summed E-state index contributed by atoms with van der Waals surface area (Å²) in [6.07, 6.45) is 3.55. The van der Waals surface area contributed by atoms with Gasteiger partial charge in [-0.15, -0.1) is 0 Å². The minimum absolute atomic E-state index is 0.0392. The number of ether oxygens (including phenoxy) is 4. The molecule has 0 bridgehead atoms. The van der Waals surface area contributed by atoms with Crippen LogP contribution in [0, 0.1) is 0 Å². The molecular formula is C23H24N2O5. The van der Waals surface area contributed by atoms with E-state index in [2.05, 4.69) is 5.10 Å². The fourth-order valence-electron chi connectivity index (χ4n) is 3.46. The molecule has 1 aromatic heterocycles. The fourth-order valence-corrected chi connectivity index (χ4v) is 3.46. The smallest absolute Gasteiger partial charge is 0.342 e. The lowest BCUT2D eigenvalue weighted by Gasteiger charge is -2.11. The molecule has 1 aliphatic heterocycles. The van der Waals surface area contributed by atoms with E-state index in [1.165, 1.54) is 0 Å². The lowest BCUT2D eigenvalue weighted by Crippen LogP contribution is -2.18. The first-order chi connectivity index (χ1) is 14.7. The first-order valence-electron chi connectivity index (χ1n) is 9.86. The van der Waals surface area contributed by atoms with Gasteiger partial charge in [0, 0.05) is 18.4 Å². The maximum Gasteiger partial charge on any atom is 0.342 e. The van der Waals surface area contributed by atoms with Crippen molar-refractivity contribution in [2.75, 3.05) is 27.4 Å². The van der Waals surface area contributed by atoms with Gasteiger partial charge in [-0.05, 0) is 43.2 Å². The minimum atomic E-state index is -0.433. The molecule has 7 heteroatoms. The molecule has 0 amide bonds. The molecule has 30 heavy (non-hydrogen) atoms. The van der Waals surface area contributed by atoms with Gasteiger partial charge in [0.2, 0.25) is 0 Å². The van der Waals surface area contributed by atoms with Crippen LogP contribution in [-0.2, 0) is 9.47 Å². The first kappa shape index (κ1) is 20.0. The second-order valence-corrected chi connectivity index (χ2v) is 6.97. The zero-order valence-electron chi connectivity index (χ0n) is 17.0. The number of hydrogen-bond acceptors (Lipinski definition) is 6. The largest absolute Gasteiger partial charge is 0.493 e. The van der Waals surface area contributed by atoms with Crippen LogP contribution in [0.15, 0.2) is 54.7 Å². The van der Waals surface area contributed by atoms with E-state index in [0.717, 1.165) is 24.1 Å². The molecule has 1 fully saturated rings. The highest BCUT2D eigenvalue weighted by atomic mass is 16.6. The summed E-state index contributed by atoms with van der Waals surface area (Å²) in [5, 5.41) is 4.67. The molecule has 4 rings (SSSR count). The average Bonchev–Trinajstić information content (AvgIpc) is 3.48. The van der Waals surface area contributed by atoms with Crippen molar-refractivity contribution in [3.05, 3.63) is 60.3 Å². The predicted octanol–water partition coefficient (Wildman–Crippen LogP) is 3.89. The van der Waals surface area contributed by atoms with Crippen LogP contribution in [0.25, 0.3) is 16.9 Å². The number of aromatic nitrogens is 2. The molecule has 3 aromatic rings. The van der Waals surface area contributed by atoms with Gasteiger partial charge < -0.3 is 18.9 Å². The number of nitrogens with zero attached hydrogens (tertiary/aromatic N) is 2. The Morgan fingerprint density at radius 2 is 1.93 bits per heavy atom. The van der Waals surface area contributed by atoms with E-state index < -0.39 is 5.97 Å². The second kappa shape index (κ2) is 9.00. The number of esters is 1. The van der Waals surface area contributed by atoms with E-state index in [-0.39, 0.29) is 12.7 Å². The quantitative estimate of drug-likeness (QED) is 0.553. The topological polar surface area (TPSA) is 71.8 Å². The molecule has 0 saturated carbocycles. The van der Waals surface area contributed by atoms with Gasteiger partial charge >= 0.3 is 5.97 Å². The molecule has 0 unspecified atom stereocenters. The van der Waals surface area contributed by atoms with Gasteiger partial charge in [-0.25, -0.2) is 9.48 Å². The number of carbonyl (C=O) groups excluding carboxylic acids is 1. The summed E-state index contributed by atoms with van der Waals surface area (Å²) < 4.78 is 23.5. The van der Waals surface area contributed by atoms with Crippen LogP contribution in [0.5, 0.6) is 11.5 Å². The molecule has 1 atom stereocenters. The average molecular weight is 408 g/mol. The van der Waals surface area contributed by atoms with Crippen molar-refractivity contribution >= 4 is 5.97 Å². The lowest BCUT2D eigenvalue weighted by atomic mass is 10.1. The normalized spacial score (nSPS) is 15.7. The SMILES string of the molecule is COc1ccc(-c2nn(-c3ccccc3)cc2C(=O)OC[C@@H]2CCCO2)cc1OC. The Balaban J connectivity index is 1.70. The Morgan fingerprint density at radius 3 is 2.63 bits per heavy atom. The molecule has 0 spiro atoms. The first-order valence-corrected chi connectivity index (χ1v) is 9.86. The number of carbonyl (C=O) groups is 1. The van der Waals surface area contributed by atoms with Crippen molar-refractivity contribution in [2.24, 2.45) is 0 Å². The van der Waals surface area contributed by atoms with E-state index in [1.54, 1.807) is 37.2 Å². The van der Waals surface area contributed by atoms with Gasteiger partial charge in [0.25, 0.3) is 0 Å². The van der Waals surface area contributed by atoms with Crippen molar-refractivity contribution in [1.29, 1.82) is 0 Å². The van der Waals surface area contributed by atoms with E-state index in [4.69, 9.17) is 18.9 Å². The highest BCUT2D eigenvalue weighted by Crippen LogP contribution is 2.33. The van der Waals surface area contributed by atoms with Crippen molar-refractivity contribution in [2.45, 2.75) is 18.9 Å². The van der Waals surface area contributed by atoms with E-state index in [1.807, 2.05) is 36.4 Å². The molecule has 7 nitrogen and oxygen atoms in total. The maximum absolute atomic E-state index is 12.9. The highest BCUT2D eigenvalue weighted by molar-refractivity contribution is 5.96. The van der Waals surface area contributed by atoms with Gasteiger partial charge in [0.15, 0.2) is 11.5 Å². The monoisotopic (exact) mass is 408 g/mol. The molecule has 0 aliphatic carbocycles. The number of para-hydroxylation sites is 1. The van der Waals surface area contributed by atoms with Crippen molar-refractivity contribution in [3.63, 3.8) is 0 Å². The van der Waals surface area contributed by atoms with Gasteiger partial charge in [0.05, 0.1) is 26.0 Å². The number of benzene rings is 2. The van der Waals surface area contributed by atoms with Crippen LogP contribution in [-0.4, -0.2) is 49.3 Å². The molecular weight excluding hydrogens is 384 g/mol. The van der Waals surface area contributed by atoms with Gasteiger partial charge in [0.1, 0.15) is 17.9 Å². The minimum Gasteiger partial charge on any atom is -0.493 e. The zero-order valence-corrected chi connectivity index (χ0v) is 17.0. The summed E-state index contributed by atoms with van der Waals surface area (Å²) in [4.78, 5) is 12.9. The molecule has 156 valence electrons. The Bertz CT molecular complexity index is 1010. The second-order valence-electron chi connectivity index (χ2n) is 6.97. The van der Waals surface area contributed by atoms with Crippen LogP contribution in [0.3, 0.4) is 0 Å². The summed E-state index contributed by atoms with van der Waals surface area (Å²) in [5.74, 6) is 0.728. The van der Waals surface area contributed by atoms with Crippen molar-refractivity contribution < 1.29 is 23.7 Å². The summed E-state index contributed by atoms with van der Waals surface area (Å²) in [7, 11) is 3.15. The molecule has 2 heterocycles. The molecule has 1 aliphatic rings. The molecule has 1 saturated heterocycles. The van der Waals surface area contributed by atoms with Crippen LogP contribution in [0.4, 0.5) is 0 Å².